The van der Waals surface area contributed by atoms with Crippen LogP contribution in [0.1, 0.15) is 18.4 Å². The van der Waals surface area contributed by atoms with Gasteiger partial charge < -0.3 is 10.5 Å². The average molecular weight is 270 g/mol. The van der Waals surface area contributed by atoms with Crippen molar-refractivity contribution in [3.63, 3.8) is 0 Å². The van der Waals surface area contributed by atoms with Crippen molar-refractivity contribution >= 4 is 15.7 Å². The van der Waals surface area contributed by atoms with Gasteiger partial charge in [-0.15, -0.1) is 0 Å². The number of hydrogen-bond acceptors (Lipinski definition) is 4. The summed E-state index contributed by atoms with van der Waals surface area (Å²) in [6.45, 7) is 0. The summed E-state index contributed by atoms with van der Waals surface area (Å²) in [5.41, 5.74) is 6.89. The van der Waals surface area contributed by atoms with Gasteiger partial charge >= 0.3 is 0 Å². The second-order valence-electron chi connectivity index (χ2n) is 4.65. The first-order chi connectivity index (χ1) is 8.48. The molecule has 0 saturated heterocycles. The Morgan fingerprint density at radius 3 is 2.78 bits per heavy atom. The number of anilines is 1. The summed E-state index contributed by atoms with van der Waals surface area (Å²) in [6.07, 6.45) is 1.67. The van der Waals surface area contributed by atoms with Crippen LogP contribution in [0.2, 0.25) is 0 Å². The van der Waals surface area contributed by atoms with Crippen LogP contribution in [0.15, 0.2) is 24.3 Å². The number of ether oxygens (including phenoxy) is 1. The highest BCUT2D eigenvalue weighted by atomic mass is 32.2. The Kier molecular flexibility index (Phi) is 3.89. The number of benzene rings is 1. The number of nitrogens with one attached hydrogen (secondary N) is 1. The first-order valence-electron chi connectivity index (χ1n) is 5.86. The van der Waals surface area contributed by atoms with Gasteiger partial charge in [0.05, 0.1) is 11.9 Å². The summed E-state index contributed by atoms with van der Waals surface area (Å²) in [6, 6.07) is 6.93. The zero-order valence-corrected chi connectivity index (χ0v) is 11.1. The van der Waals surface area contributed by atoms with E-state index in [9.17, 15) is 8.42 Å². The van der Waals surface area contributed by atoms with E-state index < -0.39 is 10.0 Å². The van der Waals surface area contributed by atoms with Gasteiger partial charge in [0.15, 0.2) is 0 Å². The van der Waals surface area contributed by atoms with Gasteiger partial charge in [-0.2, -0.15) is 0 Å². The van der Waals surface area contributed by atoms with Crippen molar-refractivity contribution in [2.45, 2.75) is 30.7 Å². The zero-order valence-electron chi connectivity index (χ0n) is 10.3. The van der Waals surface area contributed by atoms with E-state index in [1.807, 2.05) is 0 Å². The van der Waals surface area contributed by atoms with Gasteiger partial charge in [0.2, 0.25) is 10.0 Å². The number of methoxy groups -OCH3 is 1. The average Bonchev–Trinajstić information content (AvgIpc) is 2.22. The van der Waals surface area contributed by atoms with Gasteiger partial charge in [0.1, 0.15) is 0 Å². The van der Waals surface area contributed by atoms with E-state index in [0.717, 1.165) is 12.8 Å². The van der Waals surface area contributed by atoms with Crippen LogP contribution < -0.4 is 10.5 Å². The maximum atomic E-state index is 11.9. The second-order valence-corrected chi connectivity index (χ2v) is 6.40. The first-order valence-corrected chi connectivity index (χ1v) is 7.51. The standard InChI is InChI=1S/C12H18N2O3S/c1-17-12-6-11(7-12)14-18(15,16)8-9-3-2-4-10(13)5-9/h2-5,11-12,14H,6-8,13H2,1H3. The number of rotatable bonds is 5. The smallest absolute Gasteiger partial charge is 0.216 e. The van der Waals surface area contributed by atoms with Crippen molar-refractivity contribution in [1.82, 2.24) is 4.72 Å². The molecule has 0 aliphatic heterocycles. The summed E-state index contributed by atoms with van der Waals surface area (Å²) in [5, 5.41) is 0. The highest BCUT2D eigenvalue weighted by Crippen LogP contribution is 2.23. The maximum absolute atomic E-state index is 11.9. The molecule has 2 rings (SSSR count). The molecule has 0 bridgehead atoms. The minimum atomic E-state index is -3.30. The highest BCUT2D eigenvalue weighted by Gasteiger charge is 2.32. The lowest BCUT2D eigenvalue weighted by molar-refractivity contribution is 0.0236. The molecule has 1 aliphatic carbocycles. The molecule has 0 atom stereocenters. The Bertz CT molecular complexity index is 510. The minimum Gasteiger partial charge on any atom is -0.399 e. The van der Waals surface area contributed by atoms with Crippen LogP contribution in [-0.2, 0) is 20.5 Å². The Labute approximate surface area is 107 Å². The Balaban J connectivity index is 1.92. The van der Waals surface area contributed by atoms with Crippen LogP contribution >= 0.6 is 0 Å². The molecule has 18 heavy (non-hydrogen) atoms. The number of nitrogens with two attached hydrogens (primary N) is 1. The van der Waals surface area contributed by atoms with Gasteiger partial charge in [-0.25, -0.2) is 13.1 Å². The molecule has 0 heterocycles. The van der Waals surface area contributed by atoms with E-state index in [2.05, 4.69) is 4.72 Å². The quantitative estimate of drug-likeness (QED) is 0.778. The SMILES string of the molecule is COC1CC(NS(=O)(=O)Cc2cccc(N)c2)C1. The van der Waals surface area contributed by atoms with E-state index in [0.29, 0.717) is 11.3 Å². The molecule has 1 aliphatic rings. The van der Waals surface area contributed by atoms with Crippen LogP contribution in [0.25, 0.3) is 0 Å². The molecule has 100 valence electrons. The third-order valence-electron chi connectivity index (χ3n) is 3.08. The summed E-state index contributed by atoms with van der Waals surface area (Å²) in [5.74, 6) is -0.0355. The molecule has 3 N–H and O–H groups in total. The first kappa shape index (κ1) is 13.3. The molecule has 1 fully saturated rings. The van der Waals surface area contributed by atoms with E-state index in [1.54, 1.807) is 31.4 Å². The third kappa shape index (κ3) is 3.44. The minimum absolute atomic E-state index is 0.000934. The Morgan fingerprint density at radius 2 is 2.17 bits per heavy atom. The second kappa shape index (κ2) is 5.26. The molecule has 6 heteroatoms. The molecule has 0 aromatic heterocycles. The molecular formula is C12H18N2O3S. The largest absolute Gasteiger partial charge is 0.399 e. The predicted octanol–water partition coefficient (Wildman–Crippen LogP) is 0.866. The predicted molar refractivity (Wildman–Crippen MR) is 70.4 cm³/mol. The summed E-state index contributed by atoms with van der Waals surface area (Å²) in [7, 11) is -1.66. The van der Waals surface area contributed by atoms with Crippen LogP contribution in [0.4, 0.5) is 5.69 Å². The summed E-state index contributed by atoms with van der Waals surface area (Å²) < 4.78 is 31.6. The number of hydrogen-bond donors (Lipinski definition) is 2. The van der Waals surface area contributed by atoms with Crippen LogP contribution in [0.3, 0.4) is 0 Å². The van der Waals surface area contributed by atoms with E-state index in [4.69, 9.17) is 10.5 Å². The van der Waals surface area contributed by atoms with Gasteiger partial charge in [0.25, 0.3) is 0 Å². The fourth-order valence-corrected chi connectivity index (χ4v) is 3.45. The van der Waals surface area contributed by atoms with Crippen molar-refractivity contribution in [3.05, 3.63) is 29.8 Å². The lowest BCUT2D eigenvalue weighted by Gasteiger charge is -2.34. The van der Waals surface area contributed by atoms with Gasteiger partial charge in [0, 0.05) is 18.8 Å². The van der Waals surface area contributed by atoms with Crippen molar-refractivity contribution in [2.75, 3.05) is 12.8 Å². The molecule has 0 amide bonds. The van der Waals surface area contributed by atoms with Gasteiger partial charge in [-0.05, 0) is 30.5 Å². The summed E-state index contributed by atoms with van der Waals surface area (Å²) >= 11 is 0. The van der Waals surface area contributed by atoms with Crippen LogP contribution in [-0.4, -0.2) is 27.7 Å². The monoisotopic (exact) mass is 270 g/mol. The molecule has 1 aromatic rings. The van der Waals surface area contributed by atoms with Crippen molar-refractivity contribution in [2.24, 2.45) is 0 Å². The zero-order chi connectivity index (χ0) is 13.2. The highest BCUT2D eigenvalue weighted by molar-refractivity contribution is 7.88. The molecule has 5 nitrogen and oxygen atoms in total. The lowest BCUT2D eigenvalue weighted by Crippen LogP contribution is -2.47. The Morgan fingerprint density at radius 1 is 1.44 bits per heavy atom. The summed E-state index contributed by atoms with van der Waals surface area (Å²) in [4.78, 5) is 0. The fourth-order valence-electron chi connectivity index (χ4n) is 2.05. The fraction of sp³-hybridized carbons (Fsp3) is 0.500. The maximum Gasteiger partial charge on any atom is 0.216 e. The van der Waals surface area contributed by atoms with E-state index >= 15 is 0 Å². The Hall–Kier alpha value is -1.11. The lowest BCUT2D eigenvalue weighted by atomic mass is 9.90. The molecule has 0 spiro atoms. The van der Waals surface area contributed by atoms with Crippen molar-refractivity contribution < 1.29 is 13.2 Å². The normalized spacial score (nSPS) is 23.6. The third-order valence-corrected chi connectivity index (χ3v) is 4.49. The topological polar surface area (TPSA) is 81.4 Å². The van der Waals surface area contributed by atoms with Gasteiger partial charge in [-0.3, -0.25) is 0 Å². The van der Waals surface area contributed by atoms with Crippen LogP contribution in [0.5, 0.6) is 0 Å². The van der Waals surface area contributed by atoms with Gasteiger partial charge in [-0.1, -0.05) is 12.1 Å². The molecule has 1 aromatic carbocycles. The number of nitrogen functional groups attached to an aromatic ring is 1. The van der Waals surface area contributed by atoms with E-state index in [-0.39, 0.29) is 17.9 Å². The van der Waals surface area contributed by atoms with E-state index in [1.165, 1.54) is 0 Å². The molecule has 0 unspecified atom stereocenters. The van der Waals surface area contributed by atoms with Crippen molar-refractivity contribution in [3.8, 4) is 0 Å². The van der Waals surface area contributed by atoms with Crippen LogP contribution in [0, 0.1) is 0 Å². The molecule has 1 saturated carbocycles. The molecule has 0 radical (unpaired) electrons. The van der Waals surface area contributed by atoms with Crippen molar-refractivity contribution in [1.29, 1.82) is 0 Å². The number of sulfonamides is 1. The molecular weight excluding hydrogens is 252 g/mol.